The van der Waals surface area contributed by atoms with Crippen LogP contribution in [0.3, 0.4) is 0 Å². The number of nitro benzene ring substituents is 1. The number of hydrogen-bond donors (Lipinski definition) is 1. The summed E-state index contributed by atoms with van der Waals surface area (Å²) in [6.45, 7) is 7.39. The molecule has 9 nitrogen and oxygen atoms in total. The zero-order valence-corrected chi connectivity index (χ0v) is 23.7. The van der Waals surface area contributed by atoms with Crippen LogP contribution in [-0.2, 0) is 27.4 Å². The minimum atomic E-state index is -0.761. The lowest BCUT2D eigenvalue weighted by atomic mass is 9.59. The van der Waals surface area contributed by atoms with Gasteiger partial charge in [0.05, 0.1) is 11.0 Å². The first-order valence-corrected chi connectivity index (χ1v) is 14.1. The van der Waals surface area contributed by atoms with E-state index >= 15 is 0 Å². The number of amides is 1. The van der Waals surface area contributed by atoms with Crippen molar-refractivity contribution in [1.82, 2.24) is 10.2 Å². The number of likely N-dealkylation sites (tertiary alicyclic amines) is 1. The Balaban J connectivity index is 1.44. The fourth-order valence-corrected chi connectivity index (χ4v) is 7.29. The Hall–Kier alpha value is -3.59. The maximum atomic E-state index is 14.2. The van der Waals surface area contributed by atoms with Crippen LogP contribution in [0.5, 0.6) is 0 Å². The second-order valence-corrected chi connectivity index (χ2v) is 12.4. The summed E-state index contributed by atoms with van der Waals surface area (Å²) in [7, 11) is 2.01. The lowest BCUT2D eigenvalue weighted by molar-refractivity contribution is -0.591. The smallest absolute Gasteiger partial charge is 0.306 e. The standard InChI is InChI=1S/C31H38N4O5/c1-30(2,3)40-27(36)15-14-26-23-16-24-20-34(18-22-10-12-25(13-11-22)35(38)39)28(26)31(24,33(4)19-23)29(37)32-17-21-8-6-5-7-9-21/h5-13,19,23-24,26,28H,14-18,20H2,1-4H3/p+1/t23-,24-,26+,28-,31-/m0/s1. The zero-order chi connectivity index (χ0) is 28.7. The molecule has 1 amide bonds. The van der Waals surface area contributed by atoms with Crippen molar-refractivity contribution in [2.75, 3.05) is 13.6 Å². The van der Waals surface area contributed by atoms with E-state index < -0.39 is 16.1 Å². The maximum absolute atomic E-state index is 14.2. The molecule has 212 valence electrons. The number of nitrogens with zero attached hydrogens (tertiary/aromatic N) is 3. The third kappa shape index (κ3) is 5.27. The molecule has 0 aromatic heterocycles. The van der Waals surface area contributed by atoms with Crippen molar-refractivity contribution in [2.45, 2.75) is 70.3 Å². The highest BCUT2D eigenvalue weighted by Gasteiger charge is 2.73. The SMILES string of the molecule is C[N+]1=C[C@@H]2C[C@H]3CN(Cc4ccc([N+](=O)[O-])cc4)[C@@H]([C@@H]2CCC(=O)OC(C)(C)C)[C@]31C(=O)NCc1ccccc1. The largest absolute Gasteiger partial charge is 0.460 e. The number of ether oxygens (including phenoxy) is 1. The van der Waals surface area contributed by atoms with Gasteiger partial charge in [0.1, 0.15) is 18.9 Å². The number of rotatable bonds is 9. The molecule has 0 unspecified atom stereocenters. The minimum absolute atomic E-state index is 0.0109. The molecule has 2 aromatic rings. The molecule has 6 rings (SSSR count). The molecule has 2 fully saturated rings. The highest BCUT2D eigenvalue weighted by atomic mass is 16.6. The van der Waals surface area contributed by atoms with Gasteiger partial charge in [-0.2, -0.15) is 0 Å². The van der Waals surface area contributed by atoms with Crippen LogP contribution in [0, 0.1) is 27.9 Å². The normalized spacial score (nSPS) is 27.2. The Bertz CT molecular complexity index is 1300. The van der Waals surface area contributed by atoms with E-state index in [4.69, 9.17) is 4.74 Å². The van der Waals surface area contributed by atoms with Crippen molar-refractivity contribution in [3.05, 3.63) is 75.8 Å². The van der Waals surface area contributed by atoms with E-state index in [1.165, 1.54) is 12.1 Å². The van der Waals surface area contributed by atoms with E-state index in [1.54, 1.807) is 12.1 Å². The van der Waals surface area contributed by atoms with E-state index in [0.29, 0.717) is 25.9 Å². The molecule has 4 aliphatic rings. The Kier molecular flexibility index (Phi) is 7.52. The van der Waals surface area contributed by atoms with Crippen LogP contribution < -0.4 is 5.32 Å². The minimum Gasteiger partial charge on any atom is -0.460 e. The van der Waals surface area contributed by atoms with Crippen molar-refractivity contribution in [3.8, 4) is 0 Å². The van der Waals surface area contributed by atoms with Gasteiger partial charge in [0.2, 0.25) is 0 Å². The Morgan fingerprint density at radius 3 is 2.48 bits per heavy atom. The van der Waals surface area contributed by atoms with Crippen molar-refractivity contribution in [2.24, 2.45) is 17.8 Å². The topological polar surface area (TPSA) is 105 Å². The average molecular weight is 548 g/mol. The Morgan fingerprint density at radius 2 is 1.82 bits per heavy atom. The molecule has 2 aromatic carbocycles. The number of nitrogens with one attached hydrogen (secondary N) is 1. The van der Waals surface area contributed by atoms with E-state index in [0.717, 1.165) is 24.1 Å². The predicted octanol–water partition coefficient (Wildman–Crippen LogP) is 3.94. The van der Waals surface area contributed by atoms with E-state index in [9.17, 15) is 19.7 Å². The average Bonchev–Trinajstić information content (AvgIpc) is 3.15. The van der Waals surface area contributed by atoms with Gasteiger partial charge in [0.15, 0.2) is 0 Å². The van der Waals surface area contributed by atoms with Gasteiger partial charge in [-0.3, -0.25) is 24.6 Å². The molecule has 1 saturated carbocycles. The third-order valence-corrected chi connectivity index (χ3v) is 8.73. The molecule has 1 saturated heterocycles. The van der Waals surface area contributed by atoms with Crippen LogP contribution in [0.4, 0.5) is 5.69 Å². The van der Waals surface area contributed by atoms with E-state index in [2.05, 4.69) is 21.0 Å². The van der Waals surface area contributed by atoms with Gasteiger partial charge in [0, 0.05) is 50.0 Å². The zero-order valence-electron chi connectivity index (χ0n) is 23.7. The van der Waals surface area contributed by atoms with Crippen LogP contribution >= 0.6 is 0 Å². The van der Waals surface area contributed by atoms with Gasteiger partial charge >= 0.3 is 5.97 Å². The van der Waals surface area contributed by atoms with Gasteiger partial charge in [-0.25, -0.2) is 4.58 Å². The number of esters is 1. The van der Waals surface area contributed by atoms with Gasteiger partial charge in [-0.15, -0.1) is 0 Å². The van der Waals surface area contributed by atoms with Gasteiger partial charge in [0.25, 0.3) is 17.1 Å². The highest BCUT2D eigenvalue weighted by Crippen LogP contribution is 2.54. The van der Waals surface area contributed by atoms with Crippen LogP contribution in [0.15, 0.2) is 54.6 Å². The van der Waals surface area contributed by atoms with Crippen molar-refractivity contribution < 1.29 is 23.8 Å². The summed E-state index contributed by atoms with van der Waals surface area (Å²) >= 11 is 0. The van der Waals surface area contributed by atoms with Crippen LogP contribution in [0.1, 0.15) is 51.2 Å². The first kappa shape index (κ1) is 28.0. The molecular formula is C31H39N4O5+. The third-order valence-electron chi connectivity index (χ3n) is 8.73. The highest BCUT2D eigenvalue weighted by molar-refractivity contribution is 5.89. The number of non-ortho nitro benzene ring substituents is 1. The summed E-state index contributed by atoms with van der Waals surface area (Å²) in [4.78, 5) is 40.1. The lowest BCUT2D eigenvalue weighted by Crippen LogP contribution is -2.72. The molecular weight excluding hydrogens is 508 g/mol. The molecule has 4 bridgehead atoms. The number of carbonyl (C=O) groups excluding carboxylic acids is 2. The summed E-state index contributed by atoms with van der Waals surface area (Å²) in [5.41, 5.74) is 0.757. The van der Waals surface area contributed by atoms with Crippen LogP contribution in [-0.4, -0.2) is 63.3 Å². The molecule has 3 aliphatic heterocycles. The van der Waals surface area contributed by atoms with Gasteiger partial charge in [-0.05, 0) is 50.7 Å². The molecule has 1 N–H and O–H groups in total. The van der Waals surface area contributed by atoms with Crippen LogP contribution in [0.2, 0.25) is 0 Å². The van der Waals surface area contributed by atoms with E-state index in [1.807, 2.05) is 58.2 Å². The second kappa shape index (κ2) is 10.8. The summed E-state index contributed by atoms with van der Waals surface area (Å²) in [6.07, 6.45) is 4.01. The first-order valence-electron chi connectivity index (χ1n) is 14.1. The summed E-state index contributed by atoms with van der Waals surface area (Å²) < 4.78 is 7.75. The number of nitro groups is 1. The fourth-order valence-electron chi connectivity index (χ4n) is 7.29. The summed E-state index contributed by atoms with van der Waals surface area (Å²) in [5.74, 6) is 0.276. The molecule has 3 heterocycles. The molecule has 1 aliphatic carbocycles. The molecule has 9 heteroatoms. The molecule has 5 atom stereocenters. The van der Waals surface area contributed by atoms with Gasteiger partial charge in [-0.1, -0.05) is 42.5 Å². The maximum Gasteiger partial charge on any atom is 0.306 e. The molecule has 40 heavy (non-hydrogen) atoms. The van der Waals surface area contributed by atoms with Gasteiger partial charge < -0.3 is 10.1 Å². The summed E-state index contributed by atoms with van der Waals surface area (Å²) in [6, 6.07) is 16.5. The number of likely N-dealkylation sites (N-methyl/N-ethyl adjacent to an activating group) is 1. The number of carbonyl (C=O) groups is 2. The number of benzene rings is 2. The summed E-state index contributed by atoms with van der Waals surface area (Å²) in [5, 5.41) is 14.4. The molecule has 0 radical (unpaired) electrons. The predicted molar refractivity (Wildman–Crippen MR) is 151 cm³/mol. The van der Waals surface area contributed by atoms with Crippen molar-refractivity contribution in [1.29, 1.82) is 0 Å². The first-order chi connectivity index (χ1) is 19.0. The second-order valence-electron chi connectivity index (χ2n) is 12.4. The monoisotopic (exact) mass is 547 g/mol. The van der Waals surface area contributed by atoms with E-state index in [-0.39, 0.29) is 41.4 Å². The fraction of sp³-hybridized carbons (Fsp3) is 0.516. The lowest BCUT2D eigenvalue weighted by Gasteiger charge is -2.49. The van der Waals surface area contributed by atoms with Crippen LogP contribution in [0.25, 0.3) is 0 Å². The Labute approximate surface area is 235 Å². The quantitative estimate of drug-likeness (QED) is 0.221. The van der Waals surface area contributed by atoms with Crippen molar-refractivity contribution in [3.63, 3.8) is 0 Å². The number of hydrogen-bond acceptors (Lipinski definition) is 6. The molecule has 0 spiro atoms. The van der Waals surface area contributed by atoms with Crippen molar-refractivity contribution >= 4 is 23.8 Å². The Morgan fingerprint density at radius 1 is 1.12 bits per heavy atom.